The summed E-state index contributed by atoms with van der Waals surface area (Å²) in [5.74, 6) is 0.0439. The highest BCUT2D eigenvalue weighted by molar-refractivity contribution is 14.1. The van der Waals surface area contributed by atoms with E-state index >= 15 is 0 Å². The minimum absolute atomic E-state index is 0.0322. The fraction of sp³-hybridized carbons (Fsp3) is 0.0800. The smallest absolute Gasteiger partial charge is 0.270 e. The summed E-state index contributed by atoms with van der Waals surface area (Å²) in [5, 5.41) is 2.28. The normalized spacial score (nSPS) is 16.0. The molecule has 10 heteroatoms. The van der Waals surface area contributed by atoms with Crippen LogP contribution in [0.15, 0.2) is 66.2 Å². The van der Waals surface area contributed by atoms with Gasteiger partial charge in [-0.25, -0.2) is 9.29 Å². The number of carbonyl (C=O) groups is 2. The van der Waals surface area contributed by atoms with Crippen molar-refractivity contribution < 1.29 is 28.2 Å². The van der Waals surface area contributed by atoms with Gasteiger partial charge in [-0.3, -0.25) is 14.9 Å². The van der Waals surface area contributed by atoms with E-state index in [1.165, 1.54) is 24.3 Å². The van der Waals surface area contributed by atoms with Crippen molar-refractivity contribution in [2.24, 2.45) is 0 Å². The Morgan fingerprint density at radius 1 is 1.09 bits per heavy atom. The number of carbonyl (C=O) groups excluding carboxylic acids is 2. The second-order valence-corrected chi connectivity index (χ2v) is 9.12. The van der Waals surface area contributed by atoms with Crippen molar-refractivity contribution in [3.05, 3.63) is 86.8 Å². The highest BCUT2D eigenvalue weighted by Gasteiger charge is 2.35. The molecule has 2 aliphatic heterocycles. The summed E-state index contributed by atoms with van der Waals surface area (Å²) in [6, 6.07) is 16.6. The quantitative estimate of drug-likeness (QED) is 0.200. The maximum atomic E-state index is 14.3. The van der Waals surface area contributed by atoms with Gasteiger partial charge in [0.2, 0.25) is 6.79 Å². The van der Waals surface area contributed by atoms with Gasteiger partial charge in [-0.2, -0.15) is 0 Å². The summed E-state index contributed by atoms with van der Waals surface area (Å²) in [7, 11) is 0. The SMILES string of the molecule is O=C1NC(=S)N(c2ccccc2F)C(=O)/C1=C/c1ccc(OCc2ccc3c(c2)OCO3)c(I)c1. The maximum absolute atomic E-state index is 14.3. The summed E-state index contributed by atoms with van der Waals surface area (Å²) in [6.07, 6.45) is 1.44. The molecular weight excluding hydrogens is 586 g/mol. The van der Waals surface area contributed by atoms with Gasteiger partial charge < -0.3 is 14.2 Å². The molecule has 0 spiro atoms. The number of para-hydroxylation sites is 1. The Bertz CT molecular complexity index is 1410. The van der Waals surface area contributed by atoms with Crippen molar-refractivity contribution in [3.63, 3.8) is 0 Å². The Morgan fingerprint density at radius 2 is 1.89 bits per heavy atom. The van der Waals surface area contributed by atoms with Crippen molar-refractivity contribution in [2.75, 3.05) is 11.7 Å². The average Bonchev–Trinajstić information content (AvgIpc) is 3.30. The first-order valence-electron chi connectivity index (χ1n) is 10.4. The number of fused-ring (bicyclic) bond motifs is 1. The number of benzene rings is 3. The Morgan fingerprint density at radius 3 is 2.69 bits per heavy atom. The topological polar surface area (TPSA) is 77.1 Å². The number of nitrogens with zero attached hydrogens (tertiary/aromatic N) is 1. The molecule has 0 unspecified atom stereocenters. The average molecular weight is 602 g/mol. The first kappa shape index (κ1) is 23.2. The molecule has 1 N–H and O–H groups in total. The molecule has 3 aromatic carbocycles. The second-order valence-electron chi connectivity index (χ2n) is 7.58. The number of ether oxygens (including phenoxy) is 3. The minimum Gasteiger partial charge on any atom is -0.488 e. The Hall–Kier alpha value is -3.51. The molecule has 5 rings (SSSR count). The lowest BCUT2D eigenvalue weighted by Gasteiger charge is -2.29. The van der Waals surface area contributed by atoms with E-state index in [0.717, 1.165) is 14.0 Å². The van der Waals surface area contributed by atoms with Gasteiger partial charge >= 0.3 is 0 Å². The van der Waals surface area contributed by atoms with Gasteiger partial charge in [0.05, 0.1) is 9.26 Å². The fourth-order valence-electron chi connectivity index (χ4n) is 3.59. The van der Waals surface area contributed by atoms with Crippen LogP contribution in [0.4, 0.5) is 10.1 Å². The molecule has 1 fully saturated rings. The van der Waals surface area contributed by atoms with Crippen LogP contribution >= 0.6 is 34.8 Å². The van der Waals surface area contributed by atoms with Crippen molar-refractivity contribution in [2.45, 2.75) is 6.61 Å². The van der Waals surface area contributed by atoms with Crippen LogP contribution in [-0.4, -0.2) is 23.7 Å². The lowest BCUT2D eigenvalue weighted by Crippen LogP contribution is -2.54. The van der Waals surface area contributed by atoms with Crippen LogP contribution in [0, 0.1) is 9.39 Å². The molecule has 35 heavy (non-hydrogen) atoms. The summed E-state index contributed by atoms with van der Waals surface area (Å²) < 4.78 is 31.7. The molecule has 0 aromatic heterocycles. The van der Waals surface area contributed by atoms with Gasteiger partial charge in [0, 0.05) is 0 Å². The van der Waals surface area contributed by atoms with Crippen LogP contribution in [0.3, 0.4) is 0 Å². The zero-order valence-electron chi connectivity index (χ0n) is 17.9. The minimum atomic E-state index is -0.706. The van der Waals surface area contributed by atoms with Gasteiger partial charge in [-0.05, 0) is 88.4 Å². The van der Waals surface area contributed by atoms with E-state index in [-0.39, 0.29) is 23.2 Å². The van der Waals surface area contributed by atoms with Crippen molar-refractivity contribution >= 4 is 63.5 Å². The van der Waals surface area contributed by atoms with Crippen LogP contribution in [0.2, 0.25) is 0 Å². The summed E-state index contributed by atoms with van der Waals surface area (Å²) in [5.41, 5.74) is 1.33. The third-order valence-corrected chi connectivity index (χ3v) is 6.42. The fourth-order valence-corrected chi connectivity index (χ4v) is 4.56. The first-order valence-corrected chi connectivity index (χ1v) is 11.9. The van der Waals surface area contributed by atoms with E-state index in [1.807, 2.05) is 18.2 Å². The first-order chi connectivity index (χ1) is 16.9. The zero-order valence-corrected chi connectivity index (χ0v) is 20.9. The van der Waals surface area contributed by atoms with E-state index in [0.29, 0.717) is 29.4 Å². The van der Waals surface area contributed by atoms with Crippen LogP contribution in [0.1, 0.15) is 11.1 Å². The van der Waals surface area contributed by atoms with Gasteiger partial charge in [-0.15, -0.1) is 0 Å². The molecule has 7 nitrogen and oxygen atoms in total. The van der Waals surface area contributed by atoms with E-state index in [2.05, 4.69) is 27.9 Å². The van der Waals surface area contributed by atoms with E-state index < -0.39 is 17.6 Å². The number of halogens is 2. The Balaban J connectivity index is 1.35. The maximum Gasteiger partial charge on any atom is 0.270 e. The van der Waals surface area contributed by atoms with Crippen LogP contribution in [0.25, 0.3) is 6.08 Å². The van der Waals surface area contributed by atoms with E-state index in [1.54, 1.807) is 24.3 Å². The Labute approximate surface area is 218 Å². The van der Waals surface area contributed by atoms with Crippen LogP contribution in [-0.2, 0) is 16.2 Å². The number of nitrogens with one attached hydrogen (secondary N) is 1. The molecule has 2 amide bonds. The number of thiocarbonyl (C=S) groups is 1. The van der Waals surface area contributed by atoms with Crippen LogP contribution < -0.4 is 24.4 Å². The predicted molar refractivity (Wildman–Crippen MR) is 139 cm³/mol. The molecule has 0 atom stereocenters. The third kappa shape index (κ3) is 4.71. The van der Waals surface area contributed by atoms with Gasteiger partial charge in [0.1, 0.15) is 23.7 Å². The summed E-state index contributed by atoms with van der Waals surface area (Å²) >= 11 is 7.24. The van der Waals surface area contributed by atoms with E-state index in [4.69, 9.17) is 26.4 Å². The van der Waals surface area contributed by atoms with Gasteiger partial charge in [0.25, 0.3) is 11.8 Å². The van der Waals surface area contributed by atoms with Crippen molar-refractivity contribution in [1.82, 2.24) is 5.32 Å². The molecule has 0 saturated carbocycles. The number of hydrogen-bond donors (Lipinski definition) is 1. The van der Waals surface area contributed by atoms with Gasteiger partial charge in [0.15, 0.2) is 16.6 Å². The second kappa shape index (κ2) is 9.62. The third-order valence-electron chi connectivity index (χ3n) is 5.29. The highest BCUT2D eigenvalue weighted by Crippen LogP contribution is 2.33. The predicted octanol–water partition coefficient (Wildman–Crippen LogP) is 4.57. The lowest BCUT2D eigenvalue weighted by molar-refractivity contribution is -0.122. The molecule has 0 aliphatic carbocycles. The molecule has 2 heterocycles. The lowest BCUT2D eigenvalue weighted by atomic mass is 10.1. The monoisotopic (exact) mass is 602 g/mol. The standard InChI is InChI=1S/C25H16FIN2O5S/c26-17-3-1-2-4-19(17)29-24(31)16(23(30)28-25(29)35)9-14-5-7-20(18(27)10-14)32-12-15-6-8-21-22(11-15)34-13-33-21/h1-11H,12-13H2,(H,28,30,35)/b16-9+. The van der Waals surface area contributed by atoms with E-state index in [9.17, 15) is 14.0 Å². The molecule has 176 valence electrons. The Kier molecular flexibility index (Phi) is 6.39. The summed E-state index contributed by atoms with van der Waals surface area (Å²) in [6.45, 7) is 0.530. The van der Waals surface area contributed by atoms with Crippen molar-refractivity contribution in [1.29, 1.82) is 0 Å². The molecule has 0 radical (unpaired) electrons. The largest absolute Gasteiger partial charge is 0.488 e. The molecule has 3 aromatic rings. The number of rotatable bonds is 5. The number of hydrogen-bond acceptors (Lipinski definition) is 6. The summed E-state index contributed by atoms with van der Waals surface area (Å²) in [4.78, 5) is 26.6. The molecule has 2 aliphatic rings. The molecular formula is C25H16FIN2O5S. The van der Waals surface area contributed by atoms with Crippen molar-refractivity contribution in [3.8, 4) is 17.2 Å². The number of amides is 2. The molecule has 1 saturated heterocycles. The highest BCUT2D eigenvalue weighted by atomic mass is 127. The molecule has 0 bridgehead atoms. The van der Waals surface area contributed by atoms with Crippen LogP contribution in [0.5, 0.6) is 17.2 Å². The number of anilines is 1. The van der Waals surface area contributed by atoms with Gasteiger partial charge in [-0.1, -0.05) is 24.3 Å². The zero-order chi connectivity index (χ0) is 24.5.